The third-order valence-corrected chi connectivity index (χ3v) is 5.81. The molecule has 2 aromatic carbocycles. The first kappa shape index (κ1) is 20.6. The van der Waals surface area contributed by atoms with Gasteiger partial charge >= 0.3 is 0 Å². The largest absolute Gasteiger partial charge is 0.494 e. The van der Waals surface area contributed by atoms with Crippen LogP contribution >= 0.6 is 35.0 Å². The minimum atomic E-state index is -0.414. The van der Waals surface area contributed by atoms with E-state index in [2.05, 4.69) is 0 Å². The van der Waals surface area contributed by atoms with Crippen molar-refractivity contribution in [3.63, 3.8) is 0 Å². The first-order valence-corrected chi connectivity index (χ1v) is 10.6. The zero-order chi connectivity index (χ0) is 21.3. The van der Waals surface area contributed by atoms with Crippen LogP contribution in [0.25, 0.3) is 17.4 Å². The van der Waals surface area contributed by atoms with Crippen molar-refractivity contribution in [3.05, 3.63) is 75.3 Å². The predicted octanol–water partition coefficient (Wildman–Crippen LogP) is 6.89. The molecule has 4 rings (SSSR count). The van der Waals surface area contributed by atoms with Crippen LogP contribution in [0.15, 0.2) is 63.9 Å². The Kier molecular flexibility index (Phi) is 5.90. The zero-order valence-corrected chi connectivity index (χ0v) is 18.1. The summed E-state index contributed by atoms with van der Waals surface area (Å²) in [4.78, 5) is 26.7. The zero-order valence-electron chi connectivity index (χ0n) is 15.7. The van der Waals surface area contributed by atoms with Crippen LogP contribution in [-0.2, 0) is 4.79 Å². The molecular weight excluding hydrogens is 445 g/mol. The van der Waals surface area contributed by atoms with Gasteiger partial charge in [-0.2, -0.15) is 0 Å². The second kappa shape index (κ2) is 8.60. The molecule has 0 radical (unpaired) electrons. The molecule has 0 unspecified atom stereocenters. The van der Waals surface area contributed by atoms with Crippen molar-refractivity contribution >= 4 is 57.9 Å². The minimum absolute atomic E-state index is 0.264. The molecule has 0 N–H and O–H groups in total. The number of anilines is 1. The number of carbonyl (C=O) groups is 2. The van der Waals surface area contributed by atoms with Crippen LogP contribution in [-0.4, -0.2) is 17.8 Å². The number of halogens is 2. The molecule has 1 fully saturated rings. The maximum absolute atomic E-state index is 12.8. The van der Waals surface area contributed by atoms with Crippen molar-refractivity contribution in [2.45, 2.75) is 6.92 Å². The summed E-state index contributed by atoms with van der Waals surface area (Å²) >= 11 is 13.3. The number of imide groups is 1. The molecule has 2 heterocycles. The molecule has 5 nitrogen and oxygen atoms in total. The van der Waals surface area contributed by atoms with Gasteiger partial charge in [-0.05, 0) is 67.2 Å². The lowest BCUT2D eigenvalue weighted by molar-refractivity contribution is -0.113. The van der Waals surface area contributed by atoms with Gasteiger partial charge < -0.3 is 9.15 Å². The van der Waals surface area contributed by atoms with E-state index in [0.29, 0.717) is 45.2 Å². The van der Waals surface area contributed by atoms with Gasteiger partial charge in [-0.3, -0.25) is 9.59 Å². The smallest absolute Gasteiger partial charge is 0.298 e. The number of amides is 2. The molecule has 30 heavy (non-hydrogen) atoms. The van der Waals surface area contributed by atoms with Crippen LogP contribution in [0.1, 0.15) is 12.7 Å². The van der Waals surface area contributed by atoms with E-state index < -0.39 is 5.91 Å². The number of furan rings is 1. The lowest BCUT2D eigenvalue weighted by atomic mass is 10.2. The van der Waals surface area contributed by atoms with Gasteiger partial charge in [0.15, 0.2) is 0 Å². The third kappa shape index (κ3) is 3.99. The van der Waals surface area contributed by atoms with E-state index in [1.54, 1.807) is 54.6 Å². The van der Waals surface area contributed by atoms with Crippen molar-refractivity contribution in [2.75, 3.05) is 11.5 Å². The molecule has 0 saturated carbocycles. The van der Waals surface area contributed by atoms with Crippen LogP contribution in [0.4, 0.5) is 10.5 Å². The number of thioether (sulfide) groups is 1. The topological polar surface area (TPSA) is 59.8 Å². The fraction of sp³-hybridized carbons (Fsp3) is 0.0909. The number of rotatable bonds is 5. The van der Waals surface area contributed by atoms with Gasteiger partial charge in [-0.25, -0.2) is 4.90 Å². The first-order chi connectivity index (χ1) is 14.5. The molecule has 0 atom stereocenters. The molecule has 1 saturated heterocycles. The van der Waals surface area contributed by atoms with E-state index in [-0.39, 0.29) is 10.1 Å². The Morgan fingerprint density at radius 1 is 1.03 bits per heavy atom. The molecule has 0 spiro atoms. The molecular formula is C22H15Cl2NO4S. The standard InChI is InChI=1S/C22H15Cl2NO4S/c1-2-28-14-8-6-13(7-9-14)25-21(26)19(30-22(25)27)12-15-10-11-18(29-15)20-16(23)4-3-5-17(20)24/h3-12H,2H2,1H3/b19-12+. The fourth-order valence-electron chi connectivity index (χ4n) is 2.98. The first-order valence-electron chi connectivity index (χ1n) is 9.03. The number of carbonyl (C=O) groups excluding carboxylic acids is 2. The molecule has 152 valence electrons. The Labute approximate surface area is 187 Å². The SMILES string of the molecule is CCOc1ccc(N2C(=O)S/C(=C/c3ccc(-c4c(Cl)cccc4Cl)o3)C2=O)cc1. The van der Waals surface area contributed by atoms with Crippen molar-refractivity contribution in [1.29, 1.82) is 0 Å². The van der Waals surface area contributed by atoms with Crippen LogP contribution in [0, 0.1) is 0 Å². The van der Waals surface area contributed by atoms with Crippen LogP contribution < -0.4 is 9.64 Å². The molecule has 8 heteroatoms. The lowest BCUT2D eigenvalue weighted by Gasteiger charge is -2.13. The van der Waals surface area contributed by atoms with E-state index in [4.69, 9.17) is 32.4 Å². The molecule has 3 aromatic rings. The number of benzene rings is 2. The summed E-state index contributed by atoms with van der Waals surface area (Å²) in [5.74, 6) is 1.15. The predicted molar refractivity (Wildman–Crippen MR) is 120 cm³/mol. The van der Waals surface area contributed by atoms with Crippen molar-refractivity contribution < 1.29 is 18.7 Å². The van der Waals surface area contributed by atoms with Gasteiger partial charge in [0.05, 0.1) is 32.8 Å². The summed E-state index contributed by atoms with van der Waals surface area (Å²) in [6.45, 7) is 2.42. The Morgan fingerprint density at radius 2 is 1.73 bits per heavy atom. The van der Waals surface area contributed by atoms with E-state index >= 15 is 0 Å². The highest BCUT2D eigenvalue weighted by Crippen LogP contribution is 2.38. The highest BCUT2D eigenvalue weighted by atomic mass is 35.5. The number of nitrogens with zero attached hydrogens (tertiary/aromatic N) is 1. The quantitative estimate of drug-likeness (QED) is 0.388. The Bertz CT molecular complexity index is 1130. The number of hydrogen-bond donors (Lipinski definition) is 0. The summed E-state index contributed by atoms with van der Waals surface area (Å²) in [5, 5.41) is 0.537. The van der Waals surface area contributed by atoms with Gasteiger partial charge in [0, 0.05) is 6.08 Å². The van der Waals surface area contributed by atoms with E-state index in [1.165, 1.54) is 6.08 Å². The van der Waals surface area contributed by atoms with E-state index in [0.717, 1.165) is 16.7 Å². The summed E-state index contributed by atoms with van der Waals surface area (Å²) in [7, 11) is 0. The Hall–Kier alpha value is -2.67. The minimum Gasteiger partial charge on any atom is -0.494 e. The average Bonchev–Trinajstić information content (AvgIpc) is 3.27. The summed E-state index contributed by atoms with van der Waals surface area (Å²) in [6, 6.07) is 15.4. The monoisotopic (exact) mass is 459 g/mol. The van der Waals surface area contributed by atoms with E-state index in [9.17, 15) is 9.59 Å². The summed E-state index contributed by atoms with van der Waals surface area (Å²) in [5.41, 5.74) is 1.05. The van der Waals surface area contributed by atoms with Gasteiger partial charge in [0.2, 0.25) is 0 Å². The molecule has 1 aliphatic rings. The third-order valence-electron chi connectivity index (χ3n) is 4.31. The van der Waals surface area contributed by atoms with Crippen LogP contribution in [0.2, 0.25) is 10.0 Å². The Morgan fingerprint density at radius 3 is 2.40 bits per heavy atom. The fourth-order valence-corrected chi connectivity index (χ4v) is 4.38. The van der Waals surface area contributed by atoms with Crippen molar-refractivity contribution in [1.82, 2.24) is 0 Å². The normalized spacial score (nSPS) is 15.3. The Balaban J connectivity index is 1.59. The second-order valence-electron chi connectivity index (χ2n) is 6.24. The van der Waals surface area contributed by atoms with Crippen molar-refractivity contribution in [2.24, 2.45) is 0 Å². The van der Waals surface area contributed by atoms with Crippen molar-refractivity contribution in [3.8, 4) is 17.1 Å². The highest BCUT2D eigenvalue weighted by Gasteiger charge is 2.36. The van der Waals surface area contributed by atoms with Crippen LogP contribution in [0.5, 0.6) is 5.75 Å². The molecule has 0 bridgehead atoms. The highest BCUT2D eigenvalue weighted by molar-refractivity contribution is 8.19. The van der Waals surface area contributed by atoms with Gasteiger partial charge in [0.25, 0.3) is 11.1 Å². The van der Waals surface area contributed by atoms with Gasteiger partial charge in [-0.1, -0.05) is 29.3 Å². The molecule has 1 aromatic heterocycles. The lowest BCUT2D eigenvalue weighted by Crippen LogP contribution is -2.27. The van der Waals surface area contributed by atoms with Crippen LogP contribution in [0.3, 0.4) is 0 Å². The molecule has 2 amide bonds. The summed E-state index contributed by atoms with van der Waals surface area (Å²) in [6.07, 6.45) is 1.54. The number of hydrogen-bond acceptors (Lipinski definition) is 5. The maximum Gasteiger partial charge on any atom is 0.298 e. The molecule has 0 aliphatic carbocycles. The van der Waals surface area contributed by atoms with E-state index in [1.807, 2.05) is 6.92 Å². The van der Waals surface area contributed by atoms with Gasteiger partial charge in [0.1, 0.15) is 17.3 Å². The maximum atomic E-state index is 12.8. The molecule has 1 aliphatic heterocycles. The number of ether oxygens (including phenoxy) is 1. The summed E-state index contributed by atoms with van der Waals surface area (Å²) < 4.78 is 11.2. The van der Waals surface area contributed by atoms with Gasteiger partial charge in [-0.15, -0.1) is 0 Å². The second-order valence-corrected chi connectivity index (χ2v) is 8.05. The average molecular weight is 460 g/mol.